The number of nitro benzene ring substituents is 1. The summed E-state index contributed by atoms with van der Waals surface area (Å²) in [6, 6.07) is 26.4. The Balaban J connectivity index is 1.45. The monoisotopic (exact) mass is 479 g/mol. The Bertz CT molecular complexity index is 1500. The van der Waals surface area contributed by atoms with E-state index in [1.165, 1.54) is 17.0 Å². The normalized spacial score (nSPS) is 14.3. The van der Waals surface area contributed by atoms with Gasteiger partial charge in [0.1, 0.15) is 18.1 Å². The third-order valence-corrected chi connectivity index (χ3v) is 5.91. The van der Waals surface area contributed by atoms with Gasteiger partial charge in [0.2, 0.25) is 0 Å². The fourth-order valence-electron chi connectivity index (χ4n) is 4.05. The summed E-state index contributed by atoms with van der Waals surface area (Å²) in [6.07, 6.45) is 1.64. The van der Waals surface area contributed by atoms with Crippen LogP contribution in [0.2, 0.25) is 0 Å². The number of urea groups is 1. The molecule has 178 valence electrons. The van der Waals surface area contributed by atoms with Crippen LogP contribution in [-0.4, -0.2) is 21.8 Å². The van der Waals surface area contributed by atoms with E-state index in [0.29, 0.717) is 11.3 Å². The Labute approximate surface area is 206 Å². The molecule has 5 rings (SSSR count). The maximum absolute atomic E-state index is 13.1. The van der Waals surface area contributed by atoms with Crippen LogP contribution in [0.4, 0.5) is 10.5 Å². The molecule has 1 aliphatic rings. The summed E-state index contributed by atoms with van der Waals surface area (Å²) in [6.45, 7) is 0.342. The SMILES string of the molecule is O=C1N/C(=C/c2c(OCc3ccc([N+](=O)[O-])cc3)ccc3ccccc23)C(=O)N1Cc1ccccc1. The summed E-state index contributed by atoms with van der Waals surface area (Å²) in [5, 5.41) is 15.4. The van der Waals surface area contributed by atoms with E-state index in [4.69, 9.17) is 4.74 Å². The van der Waals surface area contributed by atoms with E-state index in [0.717, 1.165) is 21.9 Å². The van der Waals surface area contributed by atoms with Crippen molar-refractivity contribution >= 4 is 34.5 Å². The highest BCUT2D eigenvalue weighted by Crippen LogP contribution is 2.32. The Morgan fingerprint density at radius 2 is 1.58 bits per heavy atom. The van der Waals surface area contributed by atoms with E-state index in [2.05, 4.69) is 5.32 Å². The van der Waals surface area contributed by atoms with Crippen molar-refractivity contribution in [1.82, 2.24) is 10.2 Å². The average molecular weight is 479 g/mol. The van der Waals surface area contributed by atoms with Crippen molar-refractivity contribution in [3.05, 3.63) is 123 Å². The number of fused-ring (bicyclic) bond motifs is 1. The number of non-ortho nitro benzene ring substituents is 1. The van der Waals surface area contributed by atoms with Crippen LogP contribution in [0.3, 0.4) is 0 Å². The first kappa shape index (κ1) is 22.8. The van der Waals surface area contributed by atoms with Crippen LogP contribution in [0.5, 0.6) is 5.75 Å². The van der Waals surface area contributed by atoms with Crippen molar-refractivity contribution in [2.45, 2.75) is 13.2 Å². The van der Waals surface area contributed by atoms with Gasteiger partial charge in [0.15, 0.2) is 0 Å². The van der Waals surface area contributed by atoms with E-state index in [1.54, 1.807) is 18.2 Å². The fourth-order valence-corrected chi connectivity index (χ4v) is 4.05. The van der Waals surface area contributed by atoms with Crippen LogP contribution in [0, 0.1) is 10.1 Å². The van der Waals surface area contributed by atoms with Crippen molar-refractivity contribution in [3.8, 4) is 5.75 Å². The number of ether oxygens (including phenoxy) is 1. The van der Waals surface area contributed by atoms with Gasteiger partial charge < -0.3 is 10.1 Å². The van der Waals surface area contributed by atoms with E-state index >= 15 is 0 Å². The Morgan fingerprint density at radius 1 is 0.861 bits per heavy atom. The largest absolute Gasteiger partial charge is 0.488 e. The minimum Gasteiger partial charge on any atom is -0.488 e. The summed E-state index contributed by atoms with van der Waals surface area (Å²) >= 11 is 0. The zero-order valence-electron chi connectivity index (χ0n) is 19.1. The average Bonchev–Trinajstić information content (AvgIpc) is 3.16. The molecule has 4 aromatic rings. The molecule has 0 aliphatic carbocycles. The molecule has 4 aromatic carbocycles. The second kappa shape index (κ2) is 9.71. The molecule has 1 saturated heterocycles. The molecule has 36 heavy (non-hydrogen) atoms. The van der Waals surface area contributed by atoms with Gasteiger partial charge in [-0.25, -0.2) is 4.79 Å². The molecule has 8 heteroatoms. The summed E-state index contributed by atoms with van der Waals surface area (Å²) in [7, 11) is 0. The number of carbonyl (C=O) groups is 2. The van der Waals surface area contributed by atoms with Crippen molar-refractivity contribution in [1.29, 1.82) is 0 Å². The highest BCUT2D eigenvalue weighted by atomic mass is 16.6. The van der Waals surface area contributed by atoms with Crippen molar-refractivity contribution < 1.29 is 19.2 Å². The van der Waals surface area contributed by atoms with Crippen LogP contribution >= 0.6 is 0 Å². The molecule has 1 heterocycles. The summed E-state index contributed by atoms with van der Waals surface area (Å²) < 4.78 is 6.07. The van der Waals surface area contributed by atoms with Gasteiger partial charge in [-0.15, -0.1) is 0 Å². The number of benzene rings is 4. The van der Waals surface area contributed by atoms with Gasteiger partial charge in [-0.3, -0.25) is 19.8 Å². The zero-order valence-corrected chi connectivity index (χ0v) is 19.1. The molecule has 0 bridgehead atoms. The van der Waals surface area contributed by atoms with Gasteiger partial charge in [-0.1, -0.05) is 60.7 Å². The molecule has 1 aliphatic heterocycles. The zero-order chi connectivity index (χ0) is 25.1. The Morgan fingerprint density at radius 3 is 2.33 bits per heavy atom. The van der Waals surface area contributed by atoms with Crippen molar-refractivity contribution in [2.24, 2.45) is 0 Å². The molecule has 1 fully saturated rings. The Kier molecular flexibility index (Phi) is 6.15. The molecule has 0 radical (unpaired) electrons. The standard InChI is InChI=1S/C28H21N3O5/c32-27-25(29-28(33)30(27)17-19-6-2-1-3-7-19)16-24-23-9-5-4-8-21(23)12-15-26(24)36-18-20-10-13-22(14-11-20)31(34)35/h1-16H,17-18H2,(H,29,33)/b25-16+. The molecule has 8 nitrogen and oxygen atoms in total. The number of amides is 3. The van der Waals surface area contributed by atoms with Gasteiger partial charge >= 0.3 is 6.03 Å². The number of imide groups is 1. The minimum atomic E-state index is -0.483. The lowest BCUT2D eigenvalue weighted by atomic mass is 10.0. The second-order valence-corrected chi connectivity index (χ2v) is 8.28. The van der Waals surface area contributed by atoms with Crippen LogP contribution < -0.4 is 10.1 Å². The number of hydrogen-bond donors (Lipinski definition) is 1. The first-order chi connectivity index (χ1) is 17.5. The van der Waals surface area contributed by atoms with Crippen molar-refractivity contribution in [2.75, 3.05) is 0 Å². The molecule has 0 unspecified atom stereocenters. The molecule has 1 N–H and O–H groups in total. The molecular formula is C28H21N3O5. The summed E-state index contributed by atoms with van der Waals surface area (Å²) in [5.74, 6) is 0.0983. The summed E-state index contributed by atoms with van der Waals surface area (Å²) in [5.41, 5.74) is 2.42. The lowest BCUT2D eigenvalue weighted by Gasteiger charge is -2.13. The van der Waals surface area contributed by atoms with Gasteiger partial charge in [0, 0.05) is 17.7 Å². The van der Waals surface area contributed by atoms with Gasteiger partial charge in [-0.2, -0.15) is 0 Å². The lowest BCUT2D eigenvalue weighted by molar-refractivity contribution is -0.384. The lowest BCUT2D eigenvalue weighted by Crippen LogP contribution is -2.30. The number of carbonyl (C=O) groups excluding carboxylic acids is 2. The van der Waals surface area contributed by atoms with E-state index < -0.39 is 16.9 Å². The quantitative estimate of drug-likeness (QED) is 0.165. The predicted molar refractivity (Wildman–Crippen MR) is 135 cm³/mol. The van der Waals surface area contributed by atoms with Crippen LogP contribution in [0.15, 0.2) is 96.7 Å². The highest BCUT2D eigenvalue weighted by molar-refractivity contribution is 6.14. The molecule has 0 spiro atoms. The smallest absolute Gasteiger partial charge is 0.329 e. The number of nitrogens with zero attached hydrogens (tertiary/aromatic N) is 2. The second-order valence-electron chi connectivity index (χ2n) is 8.28. The third kappa shape index (κ3) is 4.65. The minimum absolute atomic E-state index is 0.00502. The van der Waals surface area contributed by atoms with E-state index in [-0.39, 0.29) is 24.5 Å². The number of hydrogen-bond acceptors (Lipinski definition) is 5. The van der Waals surface area contributed by atoms with E-state index in [1.807, 2.05) is 66.7 Å². The maximum atomic E-state index is 13.1. The predicted octanol–water partition coefficient (Wildman–Crippen LogP) is 5.42. The van der Waals surface area contributed by atoms with Gasteiger partial charge in [-0.05, 0) is 46.2 Å². The fraction of sp³-hybridized carbons (Fsp3) is 0.0714. The maximum Gasteiger partial charge on any atom is 0.329 e. The van der Waals surface area contributed by atoms with Crippen LogP contribution in [0.25, 0.3) is 16.8 Å². The van der Waals surface area contributed by atoms with Crippen LogP contribution in [0.1, 0.15) is 16.7 Å². The Hall–Kier alpha value is -4.98. The molecular weight excluding hydrogens is 458 g/mol. The number of nitrogens with one attached hydrogen (secondary N) is 1. The van der Waals surface area contributed by atoms with Gasteiger partial charge in [0.05, 0.1) is 11.5 Å². The van der Waals surface area contributed by atoms with Gasteiger partial charge in [0.25, 0.3) is 11.6 Å². The number of nitro groups is 1. The molecule has 0 aromatic heterocycles. The first-order valence-corrected chi connectivity index (χ1v) is 11.3. The third-order valence-electron chi connectivity index (χ3n) is 5.91. The molecule has 0 atom stereocenters. The first-order valence-electron chi connectivity index (χ1n) is 11.3. The number of rotatable bonds is 7. The molecule has 3 amide bonds. The topological polar surface area (TPSA) is 102 Å². The van der Waals surface area contributed by atoms with Crippen molar-refractivity contribution in [3.63, 3.8) is 0 Å². The van der Waals surface area contributed by atoms with E-state index in [9.17, 15) is 19.7 Å². The molecule has 0 saturated carbocycles. The van der Waals surface area contributed by atoms with Crippen LogP contribution in [-0.2, 0) is 17.9 Å². The summed E-state index contributed by atoms with van der Waals surface area (Å²) in [4.78, 5) is 37.3. The highest BCUT2D eigenvalue weighted by Gasteiger charge is 2.33.